The highest BCUT2D eigenvalue weighted by Crippen LogP contribution is 2.26. The summed E-state index contributed by atoms with van der Waals surface area (Å²) in [7, 11) is 1.71. The Morgan fingerprint density at radius 2 is 2.06 bits per heavy atom. The van der Waals surface area contributed by atoms with Gasteiger partial charge in [-0.25, -0.2) is 0 Å². The lowest BCUT2D eigenvalue weighted by Crippen LogP contribution is -2.38. The van der Waals surface area contributed by atoms with Crippen LogP contribution in [0, 0.1) is 6.92 Å². The molecule has 1 saturated heterocycles. The molecule has 0 amide bonds. The predicted molar refractivity (Wildman–Crippen MR) is 70.5 cm³/mol. The van der Waals surface area contributed by atoms with Crippen molar-refractivity contribution in [2.45, 2.75) is 58.2 Å². The molecular weight excluding hydrogens is 228 g/mol. The zero-order valence-electron chi connectivity index (χ0n) is 12.0. The maximum absolute atomic E-state index is 5.49. The summed E-state index contributed by atoms with van der Waals surface area (Å²) >= 11 is 0. The highest BCUT2D eigenvalue weighted by Gasteiger charge is 2.29. The molecule has 0 radical (unpaired) electrons. The van der Waals surface area contributed by atoms with E-state index in [4.69, 9.17) is 4.74 Å². The van der Waals surface area contributed by atoms with Crippen molar-refractivity contribution in [3.05, 3.63) is 11.4 Å². The van der Waals surface area contributed by atoms with Gasteiger partial charge in [-0.05, 0) is 40.5 Å². The van der Waals surface area contributed by atoms with E-state index in [1.165, 1.54) is 6.42 Å². The van der Waals surface area contributed by atoms with Crippen molar-refractivity contribution in [3.63, 3.8) is 0 Å². The Kier molecular flexibility index (Phi) is 3.73. The summed E-state index contributed by atoms with van der Waals surface area (Å²) in [6.07, 6.45) is 2.31. The maximum Gasteiger partial charge on any atom is 0.117 e. The van der Waals surface area contributed by atoms with E-state index >= 15 is 0 Å². The van der Waals surface area contributed by atoms with Crippen molar-refractivity contribution in [3.8, 4) is 0 Å². The standard InChI is InChI=1S/C13H24N4O/c1-9-6-7-11(8-14-9)17-15-10(2)12(16-17)13(3,4)18-5/h9,11,14H,6-8H2,1-5H3/t9-,11-/m1/s1. The van der Waals surface area contributed by atoms with Crippen LogP contribution in [0.2, 0.25) is 0 Å². The van der Waals surface area contributed by atoms with Crippen LogP contribution in [0.3, 0.4) is 0 Å². The molecule has 1 aliphatic heterocycles. The summed E-state index contributed by atoms with van der Waals surface area (Å²) in [6.45, 7) is 9.21. The molecule has 102 valence electrons. The second-order valence-corrected chi connectivity index (χ2v) is 5.71. The van der Waals surface area contributed by atoms with Gasteiger partial charge in [0.1, 0.15) is 11.3 Å². The molecule has 2 rings (SSSR count). The minimum absolute atomic E-state index is 0.362. The van der Waals surface area contributed by atoms with Crippen LogP contribution < -0.4 is 5.32 Å². The molecule has 1 aliphatic rings. The van der Waals surface area contributed by atoms with Crippen molar-refractivity contribution < 1.29 is 4.74 Å². The average molecular weight is 252 g/mol. The molecular formula is C13H24N4O. The third-order valence-electron chi connectivity index (χ3n) is 3.84. The van der Waals surface area contributed by atoms with Crippen LogP contribution in [0.5, 0.6) is 0 Å². The van der Waals surface area contributed by atoms with Gasteiger partial charge in [0, 0.05) is 19.7 Å². The second-order valence-electron chi connectivity index (χ2n) is 5.71. The highest BCUT2D eigenvalue weighted by molar-refractivity contribution is 5.14. The summed E-state index contributed by atoms with van der Waals surface area (Å²) in [6, 6.07) is 0.967. The summed E-state index contributed by atoms with van der Waals surface area (Å²) in [5, 5.41) is 12.7. The Morgan fingerprint density at radius 3 is 2.61 bits per heavy atom. The molecule has 0 unspecified atom stereocenters. The van der Waals surface area contributed by atoms with Gasteiger partial charge >= 0.3 is 0 Å². The molecule has 2 atom stereocenters. The monoisotopic (exact) mass is 252 g/mol. The largest absolute Gasteiger partial charge is 0.372 e. The maximum atomic E-state index is 5.49. The van der Waals surface area contributed by atoms with Crippen molar-refractivity contribution in [1.82, 2.24) is 20.3 Å². The van der Waals surface area contributed by atoms with Gasteiger partial charge in [-0.15, -0.1) is 0 Å². The molecule has 5 heteroatoms. The Bertz CT molecular complexity index is 405. The molecule has 0 spiro atoms. The van der Waals surface area contributed by atoms with Crippen LogP contribution in [0.25, 0.3) is 0 Å². The van der Waals surface area contributed by atoms with Crippen molar-refractivity contribution in [2.75, 3.05) is 13.7 Å². The fourth-order valence-corrected chi connectivity index (χ4v) is 2.40. The zero-order valence-corrected chi connectivity index (χ0v) is 12.0. The van der Waals surface area contributed by atoms with Crippen LogP contribution in [-0.2, 0) is 10.3 Å². The molecule has 0 aromatic carbocycles. The molecule has 5 nitrogen and oxygen atoms in total. The number of methoxy groups -OCH3 is 1. The zero-order chi connectivity index (χ0) is 13.3. The number of ether oxygens (including phenoxy) is 1. The van der Waals surface area contributed by atoms with Gasteiger partial charge in [-0.2, -0.15) is 15.0 Å². The summed E-state index contributed by atoms with van der Waals surface area (Å²) < 4.78 is 5.49. The number of hydrogen-bond donors (Lipinski definition) is 1. The average Bonchev–Trinajstić information content (AvgIpc) is 2.73. The van der Waals surface area contributed by atoms with Crippen molar-refractivity contribution in [1.29, 1.82) is 0 Å². The number of nitrogens with zero attached hydrogens (tertiary/aromatic N) is 3. The number of aromatic nitrogens is 3. The summed E-state index contributed by atoms with van der Waals surface area (Å²) in [5.41, 5.74) is 1.52. The highest BCUT2D eigenvalue weighted by atomic mass is 16.5. The Hall–Kier alpha value is -0.940. The lowest BCUT2D eigenvalue weighted by Gasteiger charge is -2.27. The molecule has 1 aromatic rings. The lowest BCUT2D eigenvalue weighted by molar-refractivity contribution is 0.0142. The van der Waals surface area contributed by atoms with Crippen LogP contribution in [0.1, 0.15) is 51.0 Å². The van der Waals surface area contributed by atoms with E-state index in [9.17, 15) is 0 Å². The first-order chi connectivity index (χ1) is 8.44. The number of piperidine rings is 1. The van der Waals surface area contributed by atoms with Gasteiger partial charge in [0.15, 0.2) is 0 Å². The van der Waals surface area contributed by atoms with E-state index in [2.05, 4.69) is 22.4 Å². The second kappa shape index (κ2) is 4.97. The predicted octanol–water partition coefficient (Wildman–Crippen LogP) is 1.78. The van der Waals surface area contributed by atoms with E-state index in [0.717, 1.165) is 24.4 Å². The fraction of sp³-hybridized carbons (Fsp3) is 0.846. The Balaban J connectivity index is 2.19. The lowest BCUT2D eigenvalue weighted by atomic mass is 10.0. The Labute approximate surface area is 109 Å². The molecule has 1 aromatic heterocycles. The number of rotatable bonds is 3. The van der Waals surface area contributed by atoms with Gasteiger partial charge in [0.2, 0.25) is 0 Å². The van der Waals surface area contributed by atoms with Crippen molar-refractivity contribution in [2.24, 2.45) is 0 Å². The molecule has 0 aliphatic carbocycles. The molecule has 2 heterocycles. The first-order valence-corrected chi connectivity index (χ1v) is 6.66. The van der Waals surface area contributed by atoms with Gasteiger partial charge in [0.25, 0.3) is 0 Å². The van der Waals surface area contributed by atoms with Gasteiger partial charge in [-0.1, -0.05) is 0 Å². The van der Waals surface area contributed by atoms with E-state index in [1.807, 2.05) is 25.6 Å². The molecule has 0 saturated carbocycles. The number of nitrogens with one attached hydrogen (secondary N) is 1. The minimum Gasteiger partial charge on any atom is -0.372 e. The van der Waals surface area contributed by atoms with E-state index in [0.29, 0.717) is 12.1 Å². The summed E-state index contributed by atoms with van der Waals surface area (Å²) in [5.74, 6) is 0. The van der Waals surface area contributed by atoms with Crippen LogP contribution in [0.4, 0.5) is 0 Å². The van der Waals surface area contributed by atoms with E-state index < -0.39 is 0 Å². The third-order valence-corrected chi connectivity index (χ3v) is 3.84. The molecule has 18 heavy (non-hydrogen) atoms. The van der Waals surface area contributed by atoms with Crippen LogP contribution in [-0.4, -0.2) is 34.7 Å². The van der Waals surface area contributed by atoms with Gasteiger partial charge in [-0.3, -0.25) is 0 Å². The SMILES string of the molecule is COC(C)(C)c1nn([C@@H]2CC[C@@H](C)NC2)nc1C. The summed E-state index contributed by atoms with van der Waals surface area (Å²) in [4.78, 5) is 1.87. The fourth-order valence-electron chi connectivity index (χ4n) is 2.40. The number of aryl methyl sites for hydroxylation is 1. The van der Waals surface area contributed by atoms with Crippen molar-refractivity contribution >= 4 is 0 Å². The quantitative estimate of drug-likeness (QED) is 0.891. The van der Waals surface area contributed by atoms with E-state index in [-0.39, 0.29) is 5.60 Å². The van der Waals surface area contributed by atoms with Gasteiger partial charge in [0.05, 0.1) is 11.7 Å². The number of hydrogen-bond acceptors (Lipinski definition) is 4. The molecule has 1 N–H and O–H groups in total. The minimum atomic E-state index is -0.377. The van der Waals surface area contributed by atoms with E-state index in [1.54, 1.807) is 7.11 Å². The molecule has 0 bridgehead atoms. The van der Waals surface area contributed by atoms with Crippen LogP contribution in [0.15, 0.2) is 0 Å². The third kappa shape index (κ3) is 2.57. The van der Waals surface area contributed by atoms with Gasteiger partial charge < -0.3 is 10.1 Å². The first-order valence-electron chi connectivity index (χ1n) is 6.66. The topological polar surface area (TPSA) is 52.0 Å². The normalized spacial score (nSPS) is 25.4. The van der Waals surface area contributed by atoms with Crippen LogP contribution >= 0.6 is 0 Å². The molecule has 1 fully saturated rings. The smallest absolute Gasteiger partial charge is 0.117 e. The first kappa shape index (κ1) is 13.5. The Morgan fingerprint density at radius 1 is 1.33 bits per heavy atom.